The molecule has 1 N–H and O–H groups in total. The van der Waals surface area contributed by atoms with Gasteiger partial charge in [-0.3, -0.25) is 9.89 Å². The Labute approximate surface area is 138 Å². The Hall–Kier alpha value is -2.21. The van der Waals surface area contributed by atoms with Gasteiger partial charge in [0.05, 0.1) is 4.88 Å². The number of nitrogens with zero attached hydrogens (tertiary/aromatic N) is 3. The summed E-state index contributed by atoms with van der Waals surface area (Å²) in [5.74, 6) is 0.442. The monoisotopic (exact) mass is 326 g/mol. The highest BCUT2D eigenvalue weighted by atomic mass is 32.1. The number of carbonyl (C=O) groups excluding carboxylic acids is 1. The van der Waals surface area contributed by atoms with Crippen molar-refractivity contribution >= 4 is 28.3 Å². The molecule has 1 aliphatic rings. The van der Waals surface area contributed by atoms with Crippen LogP contribution in [-0.2, 0) is 0 Å². The Bertz CT molecular complexity index is 853. The maximum absolute atomic E-state index is 12.7. The number of likely N-dealkylation sites (tertiary alicyclic amines) is 1. The lowest BCUT2D eigenvalue weighted by atomic mass is 9.93. The summed E-state index contributed by atoms with van der Waals surface area (Å²) in [5, 5.41) is 8.49. The van der Waals surface area contributed by atoms with E-state index in [-0.39, 0.29) is 5.91 Å². The lowest BCUT2D eigenvalue weighted by molar-refractivity contribution is 0.0711. The minimum Gasteiger partial charge on any atom is -0.337 e. The molecule has 1 aliphatic heterocycles. The van der Waals surface area contributed by atoms with Crippen molar-refractivity contribution in [3.05, 3.63) is 45.9 Å². The topological polar surface area (TPSA) is 61.9 Å². The molecule has 0 bridgehead atoms. The predicted molar refractivity (Wildman–Crippen MR) is 90.8 cm³/mol. The molecule has 0 spiro atoms. The Balaban J connectivity index is 1.58. The molecular weight excluding hydrogens is 308 g/mol. The molecular formula is C17H18N4OS. The molecule has 1 atom stereocenters. The molecule has 1 saturated heterocycles. The van der Waals surface area contributed by atoms with E-state index in [1.165, 1.54) is 4.88 Å². The lowest BCUT2D eigenvalue weighted by Crippen LogP contribution is -2.38. The molecule has 5 nitrogen and oxygen atoms in total. The number of piperidine rings is 1. The van der Waals surface area contributed by atoms with E-state index < -0.39 is 0 Å². The Morgan fingerprint density at radius 2 is 2.30 bits per heavy atom. The number of rotatable bonds is 2. The standard InChI is InChI=1S/C17H18N4OS/c1-11-6-7-14(23-11)17(22)21-9-3-4-12(10-21)15-13-5-2-8-18-16(13)20-19-15/h2,5-8,12H,3-4,9-10H2,1H3,(H,18,19,20). The third kappa shape index (κ3) is 2.63. The van der Waals surface area contributed by atoms with Gasteiger partial charge in [-0.15, -0.1) is 11.3 Å². The second kappa shape index (κ2) is 5.77. The van der Waals surface area contributed by atoms with Gasteiger partial charge in [0.2, 0.25) is 0 Å². The smallest absolute Gasteiger partial charge is 0.263 e. The van der Waals surface area contributed by atoms with Crippen LogP contribution in [0.5, 0.6) is 0 Å². The average Bonchev–Trinajstić information content (AvgIpc) is 3.20. The number of H-pyrrole nitrogens is 1. The number of carbonyl (C=O) groups is 1. The first-order chi connectivity index (χ1) is 11.2. The van der Waals surface area contributed by atoms with Crippen LogP contribution in [-0.4, -0.2) is 39.1 Å². The SMILES string of the molecule is Cc1ccc(C(=O)N2CCCC(c3[nH]nc4ncccc34)C2)s1. The van der Waals surface area contributed by atoms with Crippen molar-refractivity contribution in [3.63, 3.8) is 0 Å². The summed E-state index contributed by atoms with van der Waals surface area (Å²) in [7, 11) is 0. The quantitative estimate of drug-likeness (QED) is 0.785. The molecule has 0 aromatic carbocycles. The Morgan fingerprint density at radius 3 is 3.13 bits per heavy atom. The molecule has 4 heterocycles. The molecule has 0 aliphatic carbocycles. The fraction of sp³-hybridized carbons (Fsp3) is 0.353. The van der Waals surface area contributed by atoms with E-state index in [4.69, 9.17) is 0 Å². The van der Waals surface area contributed by atoms with Crippen molar-refractivity contribution in [2.45, 2.75) is 25.7 Å². The first-order valence-electron chi connectivity index (χ1n) is 7.87. The molecule has 1 unspecified atom stereocenters. The first-order valence-corrected chi connectivity index (χ1v) is 8.69. The number of aromatic nitrogens is 3. The van der Waals surface area contributed by atoms with Crippen molar-refractivity contribution in [1.29, 1.82) is 0 Å². The number of hydrogen-bond acceptors (Lipinski definition) is 4. The normalized spacial score (nSPS) is 18.5. The van der Waals surface area contributed by atoms with E-state index in [0.717, 1.165) is 47.5 Å². The molecule has 23 heavy (non-hydrogen) atoms. The van der Waals surface area contributed by atoms with Crippen LogP contribution in [0.1, 0.15) is 39.0 Å². The summed E-state index contributed by atoms with van der Waals surface area (Å²) in [5.41, 5.74) is 1.85. The highest BCUT2D eigenvalue weighted by molar-refractivity contribution is 7.13. The largest absolute Gasteiger partial charge is 0.337 e. The van der Waals surface area contributed by atoms with Crippen LogP contribution < -0.4 is 0 Å². The molecule has 3 aromatic rings. The van der Waals surface area contributed by atoms with Gasteiger partial charge in [0.1, 0.15) is 0 Å². The summed E-state index contributed by atoms with van der Waals surface area (Å²) >= 11 is 1.57. The van der Waals surface area contributed by atoms with Gasteiger partial charge in [0.15, 0.2) is 5.65 Å². The number of fused-ring (bicyclic) bond motifs is 1. The zero-order valence-corrected chi connectivity index (χ0v) is 13.8. The molecule has 118 valence electrons. The van der Waals surface area contributed by atoms with Crippen LogP contribution in [0.15, 0.2) is 30.5 Å². The van der Waals surface area contributed by atoms with E-state index >= 15 is 0 Å². The second-order valence-corrected chi connectivity index (χ2v) is 7.30. The van der Waals surface area contributed by atoms with Gasteiger partial charge in [-0.05, 0) is 44.0 Å². The van der Waals surface area contributed by atoms with Crippen LogP contribution in [0.2, 0.25) is 0 Å². The number of hydrogen-bond donors (Lipinski definition) is 1. The highest BCUT2D eigenvalue weighted by Crippen LogP contribution is 2.31. The van der Waals surface area contributed by atoms with E-state index in [0.29, 0.717) is 5.92 Å². The van der Waals surface area contributed by atoms with E-state index in [2.05, 4.69) is 15.2 Å². The molecule has 1 amide bonds. The predicted octanol–water partition coefficient (Wildman–Crippen LogP) is 3.35. The second-order valence-electron chi connectivity index (χ2n) is 6.01. The fourth-order valence-corrected chi connectivity index (χ4v) is 4.12. The summed E-state index contributed by atoms with van der Waals surface area (Å²) in [6.07, 6.45) is 3.84. The number of aromatic amines is 1. The van der Waals surface area contributed by atoms with Crippen LogP contribution >= 0.6 is 11.3 Å². The molecule has 1 fully saturated rings. The van der Waals surface area contributed by atoms with E-state index in [1.54, 1.807) is 17.5 Å². The third-order valence-electron chi connectivity index (χ3n) is 4.43. The molecule has 6 heteroatoms. The average molecular weight is 326 g/mol. The molecule has 4 rings (SSSR count). The van der Waals surface area contributed by atoms with Gasteiger partial charge in [-0.2, -0.15) is 5.10 Å². The summed E-state index contributed by atoms with van der Waals surface area (Å²) < 4.78 is 0. The van der Waals surface area contributed by atoms with Crippen molar-refractivity contribution in [1.82, 2.24) is 20.1 Å². The lowest BCUT2D eigenvalue weighted by Gasteiger charge is -2.32. The minimum atomic E-state index is 0.148. The number of amides is 1. The summed E-state index contributed by atoms with van der Waals surface area (Å²) in [4.78, 5) is 21.0. The van der Waals surface area contributed by atoms with Gasteiger partial charge >= 0.3 is 0 Å². The van der Waals surface area contributed by atoms with Crippen molar-refractivity contribution in [2.75, 3.05) is 13.1 Å². The summed E-state index contributed by atoms with van der Waals surface area (Å²) in [6, 6.07) is 7.92. The van der Waals surface area contributed by atoms with Crippen molar-refractivity contribution in [3.8, 4) is 0 Å². The zero-order valence-electron chi connectivity index (χ0n) is 13.0. The van der Waals surface area contributed by atoms with Gasteiger partial charge in [0.25, 0.3) is 5.91 Å². The Kier molecular flexibility index (Phi) is 3.61. The zero-order chi connectivity index (χ0) is 15.8. The van der Waals surface area contributed by atoms with Crippen LogP contribution in [0, 0.1) is 6.92 Å². The van der Waals surface area contributed by atoms with Crippen LogP contribution in [0.25, 0.3) is 11.0 Å². The van der Waals surface area contributed by atoms with Gasteiger partial charge in [-0.1, -0.05) is 0 Å². The molecule has 0 radical (unpaired) electrons. The van der Waals surface area contributed by atoms with E-state index in [1.807, 2.05) is 36.1 Å². The number of thiophene rings is 1. The molecule has 0 saturated carbocycles. The number of nitrogens with one attached hydrogen (secondary N) is 1. The van der Waals surface area contributed by atoms with Gasteiger partial charge in [-0.25, -0.2) is 4.98 Å². The van der Waals surface area contributed by atoms with Gasteiger partial charge < -0.3 is 4.90 Å². The maximum Gasteiger partial charge on any atom is 0.263 e. The van der Waals surface area contributed by atoms with Crippen molar-refractivity contribution in [2.24, 2.45) is 0 Å². The number of pyridine rings is 1. The first kappa shape index (κ1) is 14.4. The summed E-state index contributed by atoms with van der Waals surface area (Å²) in [6.45, 7) is 3.60. The third-order valence-corrected chi connectivity index (χ3v) is 5.42. The maximum atomic E-state index is 12.7. The van der Waals surface area contributed by atoms with E-state index in [9.17, 15) is 4.79 Å². The fourth-order valence-electron chi connectivity index (χ4n) is 3.28. The van der Waals surface area contributed by atoms with Crippen LogP contribution in [0.4, 0.5) is 0 Å². The van der Waals surface area contributed by atoms with Gasteiger partial charge in [0, 0.05) is 41.2 Å². The minimum absolute atomic E-state index is 0.148. The highest BCUT2D eigenvalue weighted by Gasteiger charge is 2.28. The Morgan fingerprint density at radius 1 is 1.39 bits per heavy atom. The number of aryl methyl sites for hydroxylation is 1. The molecule has 3 aromatic heterocycles. The van der Waals surface area contributed by atoms with Crippen LogP contribution in [0.3, 0.4) is 0 Å². The van der Waals surface area contributed by atoms with Crippen molar-refractivity contribution < 1.29 is 4.79 Å².